The fourth-order valence-electron chi connectivity index (χ4n) is 3.62. The molecule has 0 radical (unpaired) electrons. The van der Waals surface area contributed by atoms with Gasteiger partial charge >= 0.3 is 0 Å². The van der Waals surface area contributed by atoms with Gasteiger partial charge in [-0.15, -0.1) is 11.3 Å². The molecule has 20 heavy (non-hydrogen) atoms. The van der Waals surface area contributed by atoms with Gasteiger partial charge in [-0.25, -0.2) is 4.39 Å². The lowest BCUT2D eigenvalue weighted by atomic mass is 9.74. The highest BCUT2D eigenvalue weighted by atomic mass is 32.1. The third-order valence-corrected chi connectivity index (χ3v) is 5.98. The van der Waals surface area contributed by atoms with Gasteiger partial charge in [-0.1, -0.05) is 38.7 Å². The maximum absolute atomic E-state index is 13.3. The molecule has 2 aromatic rings. The predicted molar refractivity (Wildman–Crippen MR) is 84.5 cm³/mol. The summed E-state index contributed by atoms with van der Waals surface area (Å²) in [4.78, 5) is 1.22. The van der Waals surface area contributed by atoms with E-state index in [9.17, 15) is 4.39 Å². The second-order valence-electron chi connectivity index (χ2n) is 5.97. The zero-order valence-electron chi connectivity index (χ0n) is 11.9. The molecule has 3 unspecified atom stereocenters. The van der Waals surface area contributed by atoms with E-state index in [2.05, 4.69) is 13.0 Å². The normalized spacial score (nSPS) is 24.9. The Bertz CT molecular complexity index is 592. The topological polar surface area (TPSA) is 26.0 Å². The molecule has 3 atom stereocenters. The average molecular weight is 291 g/mol. The molecule has 0 bridgehead atoms. The summed E-state index contributed by atoms with van der Waals surface area (Å²) >= 11 is 1.66. The maximum atomic E-state index is 13.3. The first-order valence-electron chi connectivity index (χ1n) is 7.63. The van der Waals surface area contributed by atoms with Gasteiger partial charge in [-0.2, -0.15) is 0 Å². The molecule has 0 aliphatic heterocycles. The Morgan fingerprint density at radius 2 is 2.10 bits per heavy atom. The van der Waals surface area contributed by atoms with Crippen molar-refractivity contribution in [2.24, 2.45) is 17.6 Å². The van der Waals surface area contributed by atoms with Crippen molar-refractivity contribution in [1.29, 1.82) is 0 Å². The number of hydrogen-bond donors (Lipinski definition) is 1. The SMILES string of the molecule is CCC1CCCCC1C(N)c1cc2ccc(F)cc2s1. The smallest absolute Gasteiger partial charge is 0.124 e. The van der Waals surface area contributed by atoms with Crippen LogP contribution in [0.3, 0.4) is 0 Å². The Hall–Kier alpha value is -0.930. The third-order valence-electron chi connectivity index (χ3n) is 4.78. The van der Waals surface area contributed by atoms with Crippen LogP contribution >= 0.6 is 11.3 Å². The van der Waals surface area contributed by atoms with Crippen LogP contribution in [0.4, 0.5) is 4.39 Å². The Kier molecular flexibility index (Phi) is 4.08. The van der Waals surface area contributed by atoms with Crippen molar-refractivity contribution in [1.82, 2.24) is 0 Å². The van der Waals surface area contributed by atoms with Gasteiger partial charge in [-0.3, -0.25) is 0 Å². The van der Waals surface area contributed by atoms with Gasteiger partial charge in [0.25, 0.3) is 0 Å². The van der Waals surface area contributed by atoms with Crippen LogP contribution in [0.25, 0.3) is 10.1 Å². The molecular weight excluding hydrogens is 269 g/mol. The summed E-state index contributed by atoms with van der Waals surface area (Å²) in [6.45, 7) is 2.27. The van der Waals surface area contributed by atoms with Crippen molar-refractivity contribution in [2.45, 2.75) is 45.1 Å². The first-order chi connectivity index (χ1) is 9.69. The molecule has 1 aromatic carbocycles. The van der Waals surface area contributed by atoms with Gasteiger partial charge in [0.2, 0.25) is 0 Å². The van der Waals surface area contributed by atoms with Crippen LogP contribution in [0, 0.1) is 17.7 Å². The van der Waals surface area contributed by atoms with Crippen LogP contribution in [-0.4, -0.2) is 0 Å². The molecule has 3 heteroatoms. The van der Waals surface area contributed by atoms with Gasteiger partial charge in [0.1, 0.15) is 5.82 Å². The summed E-state index contributed by atoms with van der Waals surface area (Å²) in [5.41, 5.74) is 6.55. The summed E-state index contributed by atoms with van der Waals surface area (Å²) in [6, 6.07) is 7.27. The van der Waals surface area contributed by atoms with E-state index < -0.39 is 0 Å². The van der Waals surface area contributed by atoms with Crippen LogP contribution in [0.15, 0.2) is 24.3 Å². The summed E-state index contributed by atoms with van der Waals surface area (Å²) in [6.07, 6.45) is 6.42. The molecular formula is C17H22FNS. The molecule has 2 N–H and O–H groups in total. The standard InChI is InChI=1S/C17H22FNS/c1-2-11-5-3-4-6-14(11)17(19)16-9-12-7-8-13(18)10-15(12)20-16/h7-11,14,17H,2-6,19H2,1H3. The molecule has 3 rings (SSSR count). The first kappa shape index (κ1) is 14.0. The lowest BCUT2D eigenvalue weighted by Gasteiger charge is -2.34. The molecule has 1 saturated carbocycles. The lowest BCUT2D eigenvalue weighted by molar-refractivity contribution is 0.198. The minimum atomic E-state index is -0.163. The van der Waals surface area contributed by atoms with E-state index in [-0.39, 0.29) is 11.9 Å². The van der Waals surface area contributed by atoms with Crippen LogP contribution in [0.5, 0.6) is 0 Å². The number of thiophene rings is 1. The van der Waals surface area contributed by atoms with E-state index in [1.807, 2.05) is 6.07 Å². The Morgan fingerprint density at radius 1 is 1.30 bits per heavy atom. The van der Waals surface area contributed by atoms with Crippen molar-refractivity contribution >= 4 is 21.4 Å². The van der Waals surface area contributed by atoms with Crippen molar-refractivity contribution in [3.63, 3.8) is 0 Å². The maximum Gasteiger partial charge on any atom is 0.124 e. The minimum Gasteiger partial charge on any atom is -0.323 e. The number of benzene rings is 1. The fraction of sp³-hybridized carbons (Fsp3) is 0.529. The lowest BCUT2D eigenvalue weighted by Crippen LogP contribution is -2.29. The highest BCUT2D eigenvalue weighted by Gasteiger charge is 2.30. The van der Waals surface area contributed by atoms with Gasteiger partial charge in [-0.05, 0) is 41.8 Å². The zero-order chi connectivity index (χ0) is 14.1. The highest BCUT2D eigenvalue weighted by molar-refractivity contribution is 7.19. The first-order valence-corrected chi connectivity index (χ1v) is 8.45. The molecule has 1 fully saturated rings. The molecule has 1 aromatic heterocycles. The highest BCUT2D eigenvalue weighted by Crippen LogP contribution is 2.42. The quantitative estimate of drug-likeness (QED) is 0.820. The minimum absolute atomic E-state index is 0.112. The second-order valence-corrected chi connectivity index (χ2v) is 7.09. The van der Waals surface area contributed by atoms with E-state index in [0.29, 0.717) is 5.92 Å². The van der Waals surface area contributed by atoms with Gasteiger partial charge in [0.15, 0.2) is 0 Å². The van der Waals surface area contributed by atoms with Gasteiger partial charge in [0.05, 0.1) is 0 Å². The Morgan fingerprint density at radius 3 is 2.90 bits per heavy atom. The number of nitrogens with two attached hydrogens (primary N) is 1. The molecule has 108 valence electrons. The molecule has 1 heterocycles. The number of fused-ring (bicyclic) bond motifs is 1. The molecule has 1 aliphatic rings. The fourth-order valence-corrected chi connectivity index (χ4v) is 4.78. The summed E-state index contributed by atoms with van der Waals surface area (Å²) < 4.78 is 14.3. The van der Waals surface area contributed by atoms with Gasteiger partial charge in [0, 0.05) is 15.6 Å². The number of hydrogen-bond acceptors (Lipinski definition) is 2. The Balaban J connectivity index is 1.89. The van der Waals surface area contributed by atoms with Crippen LogP contribution < -0.4 is 5.73 Å². The molecule has 1 aliphatic carbocycles. The summed E-state index contributed by atoms with van der Waals surface area (Å²) in [5.74, 6) is 1.18. The van der Waals surface area contributed by atoms with E-state index in [0.717, 1.165) is 16.0 Å². The third kappa shape index (κ3) is 2.61. The van der Waals surface area contributed by atoms with E-state index in [1.54, 1.807) is 17.4 Å². The van der Waals surface area contributed by atoms with E-state index in [1.165, 1.54) is 43.0 Å². The number of halogens is 1. The second kappa shape index (κ2) is 5.82. The van der Waals surface area contributed by atoms with Crippen molar-refractivity contribution < 1.29 is 4.39 Å². The average Bonchev–Trinajstić information content (AvgIpc) is 2.89. The Labute approximate surface area is 124 Å². The van der Waals surface area contributed by atoms with Crippen LogP contribution in [0.1, 0.15) is 49.9 Å². The van der Waals surface area contributed by atoms with E-state index >= 15 is 0 Å². The van der Waals surface area contributed by atoms with Crippen molar-refractivity contribution in [2.75, 3.05) is 0 Å². The predicted octanol–water partition coefficient (Wildman–Crippen LogP) is 5.26. The largest absolute Gasteiger partial charge is 0.323 e. The van der Waals surface area contributed by atoms with E-state index in [4.69, 9.17) is 5.73 Å². The van der Waals surface area contributed by atoms with Gasteiger partial charge < -0.3 is 5.73 Å². The van der Waals surface area contributed by atoms with Crippen molar-refractivity contribution in [3.8, 4) is 0 Å². The van der Waals surface area contributed by atoms with Crippen LogP contribution in [-0.2, 0) is 0 Å². The molecule has 0 spiro atoms. The number of rotatable bonds is 3. The summed E-state index contributed by atoms with van der Waals surface area (Å²) in [5, 5.41) is 1.12. The molecule has 0 amide bonds. The molecule has 1 nitrogen and oxygen atoms in total. The molecule has 0 saturated heterocycles. The zero-order valence-corrected chi connectivity index (χ0v) is 12.8. The summed E-state index contributed by atoms with van der Waals surface area (Å²) in [7, 11) is 0. The van der Waals surface area contributed by atoms with Crippen LogP contribution in [0.2, 0.25) is 0 Å². The monoisotopic (exact) mass is 291 g/mol. The van der Waals surface area contributed by atoms with Crippen molar-refractivity contribution in [3.05, 3.63) is 35.0 Å².